The minimum absolute atomic E-state index is 0.372. The Morgan fingerprint density at radius 3 is 2.46 bits per heavy atom. The lowest BCUT2D eigenvalue weighted by Crippen LogP contribution is -2.29. The lowest BCUT2D eigenvalue weighted by Gasteiger charge is -2.10. The van der Waals surface area contributed by atoms with Gasteiger partial charge in [-0.15, -0.1) is 0 Å². The van der Waals surface area contributed by atoms with E-state index < -0.39 is 7.12 Å². The maximum Gasteiger partial charge on any atom is 0.492 e. The molecular formula is C32H24BNO3. The van der Waals surface area contributed by atoms with Crippen LogP contribution in [0.1, 0.15) is 23.2 Å². The van der Waals surface area contributed by atoms with Gasteiger partial charge in [-0.3, -0.25) is 0 Å². The molecule has 2 aliphatic rings. The molecule has 5 heteroatoms. The molecule has 5 aromatic rings. The van der Waals surface area contributed by atoms with Gasteiger partial charge in [-0.2, -0.15) is 0 Å². The Balaban J connectivity index is 1.40. The van der Waals surface area contributed by atoms with Crippen molar-refractivity contribution in [2.45, 2.75) is 12.8 Å². The molecule has 4 nitrogen and oxygen atoms in total. The molecule has 0 bridgehead atoms. The van der Waals surface area contributed by atoms with Crippen molar-refractivity contribution in [1.29, 1.82) is 0 Å². The Bertz CT molecular complexity index is 1860. The van der Waals surface area contributed by atoms with Crippen LogP contribution in [0.25, 0.3) is 50.2 Å². The molecule has 37 heavy (non-hydrogen) atoms. The fourth-order valence-electron chi connectivity index (χ4n) is 5.65. The third-order valence-corrected chi connectivity index (χ3v) is 7.35. The minimum atomic E-state index is -1.59. The van der Waals surface area contributed by atoms with Crippen molar-refractivity contribution in [2.24, 2.45) is 0 Å². The number of benzene rings is 3. The summed E-state index contributed by atoms with van der Waals surface area (Å²) in [5.74, 6) is 0. The van der Waals surface area contributed by atoms with E-state index in [0.717, 1.165) is 40.3 Å². The number of allylic oxidation sites excluding steroid dienone is 9. The van der Waals surface area contributed by atoms with E-state index in [0.29, 0.717) is 11.0 Å². The van der Waals surface area contributed by atoms with Gasteiger partial charge >= 0.3 is 7.12 Å². The van der Waals surface area contributed by atoms with Gasteiger partial charge in [0.2, 0.25) is 0 Å². The molecule has 0 saturated heterocycles. The van der Waals surface area contributed by atoms with Crippen molar-refractivity contribution in [2.75, 3.05) is 0 Å². The summed E-state index contributed by atoms with van der Waals surface area (Å²) < 4.78 is 8.67. The Hall–Kier alpha value is -4.32. The molecule has 178 valence electrons. The van der Waals surface area contributed by atoms with Crippen molar-refractivity contribution in [3.63, 3.8) is 0 Å². The molecule has 2 aromatic heterocycles. The summed E-state index contributed by atoms with van der Waals surface area (Å²) in [4.78, 5) is 0. The Labute approximate surface area is 214 Å². The molecule has 7 rings (SSSR count). The lowest BCUT2D eigenvalue weighted by atomic mass is 9.79. The van der Waals surface area contributed by atoms with E-state index in [9.17, 15) is 10.0 Å². The standard InChI is InChI=1S/C32H24BNO3/c35-33(36)28-15-8-14-27-26-13-7-12-23(31(26)37-32(27)28)21-17-19-25-24-11-5-6-16-29(24)34(30(25)20-18-21)22-9-3-1-2-4-10-22/h1-3,5-18,20,35-36H,4,19H2. The molecule has 2 N–H and O–H groups in total. The largest absolute Gasteiger partial charge is 0.492 e. The Kier molecular flexibility index (Phi) is 5.13. The first kappa shape index (κ1) is 21.9. The zero-order chi connectivity index (χ0) is 24.9. The van der Waals surface area contributed by atoms with Gasteiger partial charge < -0.3 is 19.0 Å². The van der Waals surface area contributed by atoms with Crippen LogP contribution in [-0.2, 0) is 6.42 Å². The first-order valence-corrected chi connectivity index (χ1v) is 12.6. The molecule has 2 heterocycles. The number of furan rings is 1. The topological polar surface area (TPSA) is 58.5 Å². The third-order valence-electron chi connectivity index (χ3n) is 7.35. The maximum absolute atomic E-state index is 9.87. The van der Waals surface area contributed by atoms with E-state index in [1.54, 1.807) is 6.07 Å². The summed E-state index contributed by atoms with van der Waals surface area (Å²) in [6.45, 7) is 0. The molecule has 2 aliphatic carbocycles. The van der Waals surface area contributed by atoms with Crippen LogP contribution in [-0.4, -0.2) is 21.7 Å². The second kappa shape index (κ2) is 8.66. The average Bonchev–Trinajstić information content (AvgIpc) is 3.19. The van der Waals surface area contributed by atoms with Gasteiger partial charge in [0.1, 0.15) is 11.2 Å². The number of hydrogen-bond acceptors (Lipinski definition) is 3. The van der Waals surface area contributed by atoms with Crippen molar-refractivity contribution in [3.8, 4) is 0 Å². The van der Waals surface area contributed by atoms with Crippen LogP contribution in [0.3, 0.4) is 0 Å². The predicted octanol–water partition coefficient (Wildman–Crippen LogP) is 6.23. The highest BCUT2D eigenvalue weighted by Crippen LogP contribution is 2.38. The summed E-state index contributed by atoms with van der Waals surface area (Å²) in [5, 5.41) is 22.8. The molecule has 0 unspecified atom stereocenters. The van der Waals surface area contributed by atoms with Gasteiger partial charge in [-0.1, -0.05) is 91.1 Å². The summed E-state index contributed by atoms with van der Waals surface area (Å²) in [5.41, 5.74) is 8.57. The van der Waals surface area contributed by atoms with Gasteiger partial charge in [0, 0.05) is 32.9 Å². The number of aromatic nitrogens is 1. The molecule has 0 fully saturated rings. The van der Waals surface area contributed by atoms with E-state index in [2.05, 4.69) is 83.5 Å². The zero-order valence-electron chi connectivity index (χ0n) is 20.1. The maximum atomic E-state index is 9.87. The first-order chi connectivity index (χ1) is 18.2. The van der Waals surface area contributed by atoms with E-state index in [1.807, 2.05) is 24.3 Å². The quantitative estimate of drug-likeness (QED) is 0.301. The monoisotopic (exact) mass is 481 g/mol. The smallest absolute Gasteiger partial charge is 0.456 e. The van der Waals surface area contributed by atoms with Crippen LogP contribution in [0.2, 0.25) is 0 Å². The normalized spacial score (nSPS) is 15.1. The van der Waals surface area contributed by atoms with Crippen molar-refractivity contribution in [1.82, 2.24) is 4.57 Å². The molecule has 0 saturated carbocycles. The molecule has 0 spiro atoms. The van der Waals surface area contributed by atoms with Crippen LogP contribution in [0.4, 0.5) is 0 Å². The van der Waals surface area contributed by atoms with Crippen LogP contribution in [0.5, 0.6) is 0 Å². The second-order valence-corrected chi connectivity index (χ2v) is 9.45. The SMILES string of the molecule is OB(O)c1cccc2c1oc1c(C3=CCc4c(n(C5=CCC=CC=C5)c5ccccc45)C=C3)cccc12. The number of hydrogen-bond donors (Lipinski definition) is 2. The van der Waals surface area contributed by atoms with Gasteiger partial charge in [0.05, 0.1) is 11.2 Å². The Morgan fingerprint density at radius 1 is 0.757 bits per heavy atom. The molecule has 3 aromatic carbocycles. The van der Waals surface area contributed by atoms with Crippen LogP contribution < -0.4 is 5.46 Å². The first-order valence-electron chi connectivity index (χ1n) is 12.6. The predicted molar refractivity (Wildman–Crippen MR) is 153 cm³/mol. The minimum Gasteiger partial charge on any atom is -0.456 e. The van der Waals surface area contributed by atoms with E-state index in [4.69, 9.17) is 4.42 Å². The molecule has 0 radical (unpaired) electrons. The highest BCUT2D eigenvalue weighted by atomic mass is 16.4. The van der Waals surface area contributed by atoms with Crippen molar-refractivity contribution >= 4 is 62.8 Å². The molecule has 0 amide bonds. The second-order valence-electron chi connectivity index (χ2n) is 9.45. The van der Waals surface area contributed by atoms with Gasteiger partial charge in [0.25, 0.3) is 0 Å². The summed E-state index contributed by atoms with van der Waals surface area (Å²) in [7, 11) is -1.59. The molecular weight excluding hydrogens is 457 g/mol. The molecule has 0 aliphatic heterocycles. The molecule has 0 atom stereocenters. The highest BCUT2D eigenvalue weighted by molar-refractivity contribution is 6.61. The van der Waals surface area contributed by atoms with Crippen molar-refractivity contribution < 1.29 is 14.5 Å². The number of para-hydroxylation sites is 3. The number of rotatable bonds is 3. The summed E-state index contributed by atoms with van der Waals surface area (Å²) in [6.07, 6.45) is 19.1. The van der Waals surface area contributed by atoms with Crippen molar-refractivity contribution in [3.05, 3.63) is 120 Å². The fraction of sp³-hybridized carbons (Fsp3) is 0.0625. The van der Waals surface area contributed by atoms with E-state index in [1.165, 1.54) is 27.9 Å². The zero-order valence-corrected chi connectivity index (χ0v) is 20.1. The summed E-state index contributed by atoms with van der Waals surface area (Å²) >= 11 is 0. The van der Waals surface area contributed by atoms with Gasteiger partial charge in [-0.25, -0.2) is 0 Å². The fourth-order valence-corrected chi connectivity index (χ4v) is 5.65. The van der Waals surface area contributed by atoms with E-state index in [-0.39, 0.29) is 0 Å². The van der Waals surface area contributed by atoms with Crippen LogP contribution in [0, 0.1) is 0 Å². The van der Waals surface area contributed by atoms with Crippen LogP contribution >= 0.6 is 0 Å². The lowest BCUT2D eigenvalue weighted by molar-refractivity contribution is 0.425. The van der Waals surface area contributed by atoms with Gasteiger partial charge in [0.15, 0.2) is 0 Å². The summed E-state index contributed by atoms with van der Waals surface area (Å²) in [6, 6.07) is 20.2. The van der Waals surface area contributed by atoms with Crippen LogP contribution in [0.15, 0.2) is 108 Å². The van der Waals surface area contributed by atoms with Gasteiger partial charge in [-0.05, 0) is 42.2 Å². The highest BCUT2D eigenvalue weighted by Gasteiger charge is 2.22. The third kappa shape index (κ3) is 3.47. The van der Waals surface area contributed by atoms with E-state index >= 15 is 0 Å². The number of fused-ring (bicyclic) bond motifs is 6. The Morgan fingerprint density at radius 2 is 1.57 bits per heavy atom. The number of nitrogens with zero attached hydrogens (tertiary/aromatic N) is 1. The average molecular weight is 481 g/mol.